The van der Waals surface area contributed by atoms with E-state index in [0.29, 0.717) is 11.8 Å². The number of aliphatic hydroxyl groups excluding tert-OH is 3. The Morgan fingerprint density at radius 3 is 0.981 bits per heavy atom. The summed E-state index contributed by atoms with van der Waals surface area (Å²) in [6.07, 6.45) is 24.5. The first-order valence-corrected chi connectivity index (χ1v) is 17.5. The monoisotopic (exact) mass is 802 g/mol. The van der Waals surface area contributed by atoms with E-state index in [0.717, 1.165) is 25.7 Å². The van der Waals surface area contributed by atoms with Gasteiger partial charge in [-0.2, -0.15) is 0 Å². The van der Waals surface area contributed by atoms with Crippen LogP contribution in [0.1, 0.15) is 55.2 Å². The maximum atomic E-state index is 10.0. The SMILES string of the molecule is C=C[C@H]1CC[C@@H](/C=C/c2ccccc2)[C@@H]1O.C=C[C@H]1CC[C@@H](/C=C/c2ccccc2)[C@@H]1O.C=Cc1ccccc1.OC1[C@@H]2C=C[C@H]1CC2.[Ar].[Ar].[Ar].[Ar]. The second-order valence-electron chi connectivity index (χ2n) is 13.2. The van der Waals surface area contributed by atoms with Crippen molar-refractivity contribution in [3.05, 3.63) is 164 Å². The van der Waals surface area contributed by atoms with Crippen LogP contribution < -0.4 is 0 Å². The smallest absolute Gasteiger partial charge is 0.0665 e. The molecular formula is C45H54Ar4O3. The van der Waals surface area contributed by atoms with Crippen molar-refractivity contribution in [2.75, 3.05) is 0 Å². The zero-order valence-corrected chi connectivity index (χ0v) is 32.5. The van der Waals surface area contributed by atoms with Gasteiger partial charge in [0, 0.05) is 186 Å². The van der Waals surface area contributed by atoms with Gasteiger partial charge in [-0.05, 0) is 55.2 Å². The maximum Gasteiger partial charge on any atom is 0.0665 e. The fourth-order valence-electron chi connectivity index (χ4n) is 6.96. The van der Waals surface area contributed by atoms with Gasteiger partial charge in [0.05, 0.1) is 18.3 Å². The number of aliphatic hydroxyl groups is 3. The fraction of sp³-hybridized carbons (Fsp3) is 0.333. The summed E-state index contributed by atoms with van der Waals surface area (Å²) in [5.74, 6) is 2.13. The van der Waals surface area contributed by atoms with Crippen LogP contribution >= 0.6 is 0 Å². The van der Waals surface area contributed by atoms with Crippen LogP contribution in [0.4, 0.5) is 0 Å². The van der Waals surface area contributed by atoms with Crippen LogP contribution in [0.25, 0.3) is 18.2 Å². The number of hydrogen-bond donors (Lipinski definition) is 3. The molecule has 0 heterocycles. The molecule has 0 aromatic heterocycles. The molecule has 3 nitrogen and oxygen atoms in total. The van der Waals surface area contributed by atoms with Crippen LogP contribution in [0.15, 0.2) is 147 Å². The third-order valence-electron chi connectivity index (χ3n) is 10.0. The predicted molar refractivity (Wildman–Crippen MR) is 204 cm³/mol. The maximum absolute atomic E-state index is 10.0. The molecule has 0 radical (unpaired) electrons. The third kappa shape index (κ3) is 17.7. The van der Waals surface area contributed by atoms with Crippen molar-refractivity contribution in [2.24, 2.45) is 35.5 Å². The van der Waals surface area contributed by atoms with E-state index in [-0.39, 0.29) is 193 Å². The summed E-state index contributed by atoms with van der Waals surface area (Å²) in [6, 6.07) is 30.4. The van der Waals surface area contributed by atoms with Crippen molar-refractivity contribution in [3.8, 4) is 0 Å². The van der Waals surface area contributed by atoms with Gasteiger partial charge in [-0.25, -0.2) is 0 Å². The minimum atomic E-state index is -0.252. The van der Waals surface area contributed by atoms with Crippen molar-refractivity contribution in [1.29, 1.82) is 0 Å². The standard InChI is InChI=1S/2C15H18O.C8H8.C7H10O.4Ar/c2*1-2-13-10-11-14(15(13)16)9-8-12-6-4-3-5-7-12;1-2-8-6-4-3-5-7-8;8-7-5-1-2-6(7)4-3-5;;;;/h2*2-9,13-16H,1,10-11H2;2-7H,1H2;1-2,5-8H,3-4H2;;;;/b2*9-8+;;;;;;/t2*13-,14+,15+;;5-,6+,7?;;;;/m00....../s1. The van der Waals surface area contributed by atoms with E-state index in [1.165, 1.54) is 29.5 Å². The van der Waals surface area contributed by atoms with Gasteiger partial charge in [0.1, 0.15) is 0 Å². The summed E-state index contributed by atoms with van der Waals surface area (Å²) in [7, 11) is 0. The Morgan fingerprint density at radius 2 is 0.750 bits per heavy atom. The molecule has 4 aliphatic rings. The summed E-state index contributed by atoms with van der Waals surface area (Å²) in [5.41, 5.74) is 3.56. The molecule has 3 N–H and O–H groups in total. The second-order valence-corrected chi connectivity index (χ2v) is 13.2. The van der Waals surface area contributed by atoms with Crippen molar-refractivity contribution in [1.82, 2.24) is 0 Å². The summed E-state index contributed by atoms with van der Waals surface area (Å²) in [6.45, 7) is 11.2. The Hall–Kier alpha value is 1.02. The average molecular weight is 803 g/mol. The van der Waals surface area contributed by atoms with Crippen LogP contribution in [-0.4, -0.2) is 33.6 Å². The van der Waals surface area contributed by atoms with Gasteiger partial charge >= 0.3 is 0 Å². The molecule has 0 aliphatic heterocycles. The summed E-state index contributed by atoms with van der Waals surface area (Å²) >= 11 is 0. The van der Waals surface area contributed by atoms with Gasteiger partial charge in [-0.15, -0.1) is 13.2 Å². The Balaban J connectivity index is 0.000000679. The molecule has 2 bridgehead atoms. The average Bonchev–Trinajstić information content (AvgIpc) is 3.91. The molecule has 4 aliphatic carbocycles. The van der Waals surface area contributed by atoms with Gasteiger partial charge < -0.3 is 15.3 Å². The van der Waals surface area contributed by atoms with Crippen molar-refractivity contribution in [2.45, 2.75) is 56.8 Å². The molecule has 52 heavy (non-hydrogen) atoms. The van der Waals surface area contributed by atoms with Crippen LogP contribution in [0.5, 0.6) is 0 Å². The molecule has 3 aromatic carbocycles. The van der Waals surface area contributed by atoms with Crippen LogP contribution in [0.2, 0.25) is 0 Å². The number of rotatable bonds is 7. The zero-order valence-electron chi connectivity index (χ0n) is 29.7. The molecule has 0 saturated heterocycles. The molecule has 284 valence electrons. The predicted octanol–water partition coefficient (Wildman–Crippen LogP) is 9.82. The molecule has 1 unspecified atom stereocenters. The summed E-state index contributed by atoms with van der Waals surface area (Å²) in [5, 5.41) is 29.3. The minimum absolute atomic E-state index is 0. The van der Waals surface area contributed by atoms with Crippen LogP contribution in [0, 0.1) is 186 Å². The van der Waals surface area contributed by atoms with Gasteiger partial charge in [0.15, 0.2) is 0 Å². The quantitative estimate of drug-likeness (QED) is 0.209. The molecule has 3 saturated carbocycles. The Bertz CT molecular complexity index is 1390. The number of fused-ring (bicyclic) bond motifs is 2. The molecule has 3 fully saturated rings. The molecule has 3 aromatic rings. The summed E-state index contributed by atoms with van der Waals surface area (Å²) < 4.78 is 0. The number of hydrogen-bond acceptors (Lipinski definition) is 3. The molecule has 9 atom stereocenters. The van der Waals surface area contributed by atoms with E-state index in [1.54, 1.807) is 0 Å². The second kappa shape index (κ2) is 30.1. The van der Waals surface area contributed by atoms with Gasteiger partial charge in [0.25, 0.3) is 0 Å². The topological polar surface area (TPSA) is 60.7 Å². The van der Waals surface area contributed by atoms with E-state index < -0.39 is 0 Å². The molecular weight excluding hydrogens is 748 g/mol. The first-order chi connectivity index (χ1) is 23.4. The third-order valence-corrected chi connectivity index (χ3v) is 10.0. The Labute approximate surface area is 433 Å². The van der Waals surface area contributed by atoms with E-state index >= 15 is 0 Å². The van der Waals surface area contributed by atoms with E-state index in [4.69, 9.17) is 0 Å². The molecule has 0 spiro atoms. The van der Waals surface area contributed by atoms with Crippen LogP contribution in [0.3, 0.4) is 0 Å². The largest absolute Gasteiger partial charge is 0.392 e. The number of benzene rings is 3. The van der Waals surface area contributed by atoms with E-state index in [2.05, 4.69) is 80.5 Å². The van der Waals surface area contributed by atoms with Crippen molar-refractivity contribution >= 4 is 18.2 Å². The van der Waals surface area contributed by atoms with Crippen LogP contribution in [-0.2, 0) is 0 Å². The van der Waals surface area contributed by atoms with E-state index in [1.807, 2.05) is 85.0 Å². The fourth-order valence-corrected chi connectivity index (χ4v) is 6.96. The van der Waals surface area contributed by atoms with Crippen molar-refractivity contribution < 1.29 is 166 Å². The Kier molecular flexibility index (Phi) is 30.7. The van der Waals surface area contributed by atoms with E-state index in [9.17, 15) is 15.3 Å². The normalized spacial score (nSPS) is 27.4. The van der Waals surface area contributed by atoms with Gasteiger partial charge in [-0.3, -0.25) is 0 Å². The van der Waals surface area contributed by atoms with Gasteiger partial charge in [-0.1, -0.05) is 152 Å². The molecule has 7 rings (SSSR count). The zero-order chi connectivity index (χ0) is 34.1. The Morgan fingerprint density at radius 1 is 0.423 bits per heavy atom. The first-order valence-electron chi connectivity index (χ1n) is 17.5. The molecule has 7 heteroatoms. The first kappa shape index (κ1) is 53.0. The molecule has 0 amide bonds. The summed E-state index contributed by atoms with van der Waals surface area (Å²) in [4.78, 5) is 0. The van der Waals surface area contributed by atoms with Crippen molar-refractivity contribution in [3.63, 3.8) is 0 Å². The minimum Gasteiger partial charge on any atom is -0.392 e. The van der Waals surface area contributed by atoms with Gasteiger partial charge in [0.2, 0.25) is 0 Å².